The molecule has 1 unspecified atom stereocenters. The monoisotopic (exact) mass is 355 g/mol. The van der Waals surface area contributed by atoms with Crippen LogP contribution in [0.3, 0.4) is 0 Å². The molecule has 2 N–H and O–H groups in total. The zero-order valence-corrected chi connectivity index (χ0v) is 15.1. The van der Waals surface area contributed by atoms with Crippen molar-refractivity contribution >= 4 is 28.5 Å². The average Bonchev–Trinajstić information content (AvgIpc) is 3.21. The molecule has 0 aliphatic carbocycles. The van der Waals surface area contributed by atoms with Gasteiger partial charge in [0.05, 0.1) is 23.8 Å². The Bertz CT molecular complexity index is 943. The number of furan rings is 1. The number of nitrogens with zero attached hydrogens (tertiary/aromatic N) is 3. The Morgan fingerprint density at radius 2 is 2.08 bits per heavy atom. The Balaban J connectivity index is 1.77. The van der Waals surface area contributed by atoms with E-state index in [4.69, 9.17) is 4.42 Å². The predicted octanol–water partition coefficient (Wildman–Crippen LogP) is 2.26. The molecule has 8 heteroatoms. The molecule has 0 saturated heterocycles. The molecular weight excluding hydrogens is 334 g/mol. The molecule has 3 aromatic rings. The van der Waals surface area contributed by atoms with E-state index in [2.05, 4.69) is 20.7 Å². The third kappa shape index (κ3) is 3.44. The van der Waals surface area contributed by atoms with Gasteiger partial charge in [-0.25, -0.2) is 4.98 Å². The molecule has 0 spiro atoms. The van der Waals surface area contributed by atoms with Crippen LogP contribution in [0.2, 0.25) is 0 Å². The average molecular weight is 355 g/mol. The first-order valence-electron chi connectivity index (χ1n) is 8.31. The van der Waals surface area contributed by atoms with Crippen LogP contribution >= 0.6 is 0 Å². The van der Waals surface area contributed by atoms with E-state index in [1.807, 2.05) is 33.9 Å². The smallest absolute Gasteiger partial charge is 0.287 e. The Kier molecular flexibility index (Phi) is 4.75. The molecule has 136 valence electrons. The number of aryl methyl sites for hydroxylation is 2. The van der Waals surface area contributed by atoms with Crippen molar-refractivity contribution in [2.24, 2.45) is 13.0 Å². The highest BCUT2D eigenvalue weighted by molar-refractivity contribution is 6.01. The van der Waals surface area contributed by atoms with Crippen LogP contribution < -0.4 is 10.6 Å². The SMILES string of the molecule is Cc1nn(C)c2ncc(NC(=O)C(NC(=O)c3ccco3)C(C)C)cc12. The fourth-order valence-electron chi connectivity index (χ4n) is 2.75. The molecular formula is C18H21N5O3. The van der Waals surface area contributed by atoms with Gasteiger partial charge in [0.15, 0.2) is 11.4 Å². The van der Waals surface area contributed by atoms with Crippen LogP contribution in [0.4, 0.5) is 5.69 Å². The first kappa shape index (κ1) is 17.7. The van der Waals surface area contributed by atoms with Crippen LogP contribution in [0.1, 0.15) is 30.1 Å². The zero-order chi connectivity index (χ0) is 18.8. The van der Waals surface area contributed by atoms with Gasteiger partial charge in [0.25, 0.3) is 5.91 Å². The summed E-state index contributed by atoms with van der Waals surface area (Å²) in [5.41, 5.74) is 2.13. The van der Waals surface area contributed by atoms with Crippen LogP contribution in [0.15, 0.2) is 35.1 Å². The molecule has 26 heavy (non-hydrogen) atoms. The minimum absolute atomic E-state index is 0.106. The van der Waals surface area contributed by atoms with Crippen molar-refractivity contribution in [1.29, 1.82) is 0 Å². The van der Waals surface area contributed by atoms with E-state index < -0.39 is 11.9 Å². The van der Waals surface area contributed by atoms with E-state index in [1.54, 1.807) is 23.0 Å². The number of carbonyl (C=O) groups is 2. The Morgan fingerprint density at radius 1 is 1.31 bits per heavy atom. The van der Waals surface area contributed by atoms with E-state index >= 15 is 0 Å². The number of nitrogens with one attached hydrogen (secondary N) is 2. The quantitative estimate of drug-likeness (QED) is 0.731. The molecule has 0 aliphatic heterocycles. The number of anilines is 1. The zero-order valence-electron chi connectivity index (χ0n) is 15.1. The maximum Gasteiger partial charge on any atom is 0.287 e. The number of aromatic nitrogens is 3. The van der Waals surface area contributed by atoms with E-state index in [0.717, 1.165) is 16.7 Å². The second-order valence-corrected chi connectivity index (χ2v) is 6.47. The molecule has 0 fully saturated rings. The number of carbonyl (C=O) groups excluding carboxylic acids is 2. The van der Waals surface area contributed by atoms with Gasteiger partial charge < -0.3 is 15.1 Å². The van der Waals surface area contributed by atoms with Crippen molar-refractivity contribution in [1.82, 2.24) is 20.1 Å². The van der Waals surface area contributed by atoms with Gasteiger partial charge in [-0.1, -0.05) is 13.8 Å². The summed E-state index contributed by atoms with van der Waals surface area (Å²) in [6.07, 6.45) is 2.99. The number of rotatable bonds is 5. The third-order valence-electron chi connectivity index (χ3n) is 4.11. The number of amides is 2. The molecule has 0 saturated carbocycles. The molecule has 2 amide bonds. The molecule has 0 radical (unpaired) electrons. The van der Waals surface area contributed by atoms with Crippen LogP contribution in [-0.4, -0.2) is 32.6 Å². The minimum atomic E-state index is -0.710. The number of fused-ring (bicyclic) bond motifs is 1. The standard InChI is InChI=1S/C18H21N5O3/c1-10(2)15(21-17(24)14-6-5-7-26-14)18(25)20-12-8-13-11(3)22-23(4)16(13)19-9-12/h5-10,15H,1-4H3,(H,20,25)(H,21,24). The molecule has 0 bridgehead atoms. The molecule has 3 rings (SSSR count). The number of hydrogen-bond acceptors (Lipinski definition) is 5. The van der Waals surface area contributed by atoms with E-state index in [9.17, 15) is 9.59 Å². The van der Waals surface area contributed by atoms with Gasteiger partial charge in [-0.05, 0) is 31.0 Å². The molecule has 3 aromatic heterocycles. The van der Waals surface area contributed by atoms with Crippen molar-refractivity contribution in [3.8, 4) is 0 Å². The number of hydrogen-bond donors (Lipinski definition) is 2. The van der Waals surface area contributed by atoms with Crippen molar-refractivity contribution in [3.05, 3.63) is 42.1 Å². The lowest BCUT2D eigenvalue weighted by Crippen LogP contribution is -2.47. The molecule has 0 aromatic carbocycles. The Morgan fingerprint density at radius 3 is 2.73 bits per heavy atom. The van der Waals surface area contributed by atoms with Crippen LogP contribution in [0, 0.1) is 12.8 Å². The highest BCUT2D eigenvalue weighted by Gasteiger charge is 2.26. The van der Waals surface area contributed by atoms with Gasteiger partial charge in [0.1, 0.15) is 6.04 Å². The molecule has 0 aliphatic rings. The van der Waals surface area contributed by atoms with Crippen molar-refractivity contribution in [2.75, 3.05) is 5.32 Å². The maximum atomic E-state index is 12.7. The van der Waals surface area contributed by atoms with Gasteiger partial charge in [-0.2, -0.15) is 5.10 Å². The predicted molar refractivity (Wildman–Crippen MR) is 96.7 cm³/mol. The van der Waals surface area contributed by atoms with Crippen molar-refractivity contribution < 1.29 is 14.0 Å². The van der Waals surface area contributed by atoms with E-state index in [1.165, 1.54) is 6.26 Å². The normalized spacial score (nSPS) is 12.3. The summed E-state index contributed by atoms with van der Waals surface area (Å²) in [6.45, 7) is 5.61. The van der Waals surface area contributed by atoms with Crippen LogP contribution in [0.25, 0.3) is 11.0 Å². The summed E-state index contributed by atoms with van der Waals surface area (Å²) in [7, 11) is 1.82. The lowest BCUT2D eigenvalue weighted by atomic mass is 10.0. The second kappa shape index (κ2) is 6.99. The number of pyridine rings is 1. The topological polar surface area (TPSA) is 102 Å². The van der Waals surface area contributed by atoms with E-state index in [-0.39, 0.29) is 17.6 Å². The first-order valence-corrected chi connectivity index (χ1v) is 8.31. The summed E-state index contributed by atoms with van der Waals surface area (Å²) in [4.78, 5) is 29.2. The highest BCUT2D eigenvalue weighted by Crippen LogP contribution is 2.19. The summed E-state index contributed by atoms with van der Waals surface area (Å²) in [6, 6.07) is 4.29. The Hall–Kier alpha value is -3.16. The van der Waals surface area contributed by atoms with Crippen molar-refractivity contribution in [3.63, 3.8) is 0 Å². The fraction of sp³-hybridized carbons (Fsp3) is 0.333. The molecule has 8 nitrogen and oxygen atoms in total. The second-order valence-electron chi connectivity index (χ2n) is 6.47. The molecule has 1 atom stereocenters. The summed E-state index contributed by atoms with van der Waals surface area (Å²) < 4.78 is 6.77. The lowest BCUT2D eigenvalue weighted by Gasteiger charge is -2.21. The summed E-state index contributed by atoms with van der Waals surface area (Å²) in [5, 5.41) is 10.7. The largest absolute Gasteiger partial charge is 0.459 e. The lowest BCUT2D eigenvalue weighted by molar-refractivity contribution is -0.118. The van der Waals surface area contributed by atoms with Gasteiger partial charge in [-0.3, -0.25) is 14.3 Å². The summed E-state index contributed by atoms with van der Waals surface area (Å²) in [5.74, 6) is -0.689. The van der Waals surface area contributed by atoms with Crippen molar-refractivity contribution in [2.45, 2.75) is 26.8 Å². The van der Waals surface area contributed by atoms with Gasteiger partial charge >= 0.3 is 0 Å². The summed E-state index contributed by atoms with van der Waals surface area (Å²) >= 11 is 0. The van der Waals surface area contributed by atoms with Gasteiger partial charge in [0, 0.05) is 12.4 Å². The maximum absolute atomic E-state index is 12.7. The first-order chi connectivity index (χ1) is 12.4. The third-order valence-corrected chi connectivity index (χ3v) is 4.11. The molecule has 3 heterocycles. The highest BCUT2D eigenvalue weighted by atomic mass is 16.3. The Labute approximate surface area is 150 Å². The van der Waals surface area contributed by atoms with Crippen LogP contribution in [0.5, 0.6) is 0 Å². The fourth-order valence-corrected chi connectivity index (χ4v) is 2.75. The van der Waals surface area contributed by atoms with Gasteiger partial charge in [0.2, 0.25) is 5.91 Å². The van der Waals surface area contributed by atoms with Crippen LogP contribution in [-0.2, 0) is 11.8 Å². The van der Waals surface area contributed by atoms with E-state index in [0.29, 0.717) is 5.69 Å². The van der Waals surface area contributed by atoms with Gasteiger partial charge in [-0.15, -0.1) is 0 Å². The minimum Gasteiger partial charge on any atom is -0.459 e.